The smallest absolute Gasteiger partial charge is 0.326 e. The Morgan fingerprint density at radius 2 is 2.11 bits per heavy atom. The van der Waals surface area contributed by atoms with E-state index in [4.69, 9.17) is 0 Å². The number of fused-ring (bicyclic) bond motifs is 1. The fourth-order valence-electron chi connectivity index (χ4n) is 3.65. The summed E-state index contributed by atoms with van der Waals surface area (Å²) in [5, 5.41) is 14.1. The molecule has 3 aromatic rings. The summed E-state index contributed by atoms with van der Waals surface area (Å²) in [5.41, 5.74) is 4.87. The molecule has 4 rings (SSSR count). The van der Waals surface area contributed by atoms with Crippen molar-refractivity contribution in [1.82, 2.24) is 24.6 Å². The van der Waals surface area contributed by atoms with Gasteiger partial charge >= 0.3 is 5.97 Å². The van der Waals surface area contributed by atoms with Crippen LogP contribution in [0, 0.1) is 13.8 Å². The molecule has 1 amide bonds. The monoisotopic (exact) mass is 379 g/mol. The summed E-state index contributed by atoms with van der Waals surface area (Å²) in [6, 6.07) is 8.35. The van der Waals surface area contributed by atoms with Gasteiger partial charge < -0.3 is 15.0 Å². The molecular weight excluding hydrogens is 358 g/mol. The van der Waals surface area contributed by atoms with Crippen LogP contribution in [0.15, 0.2) is 36.7 Å². The number of imidazole rings is 1. The fourth-order valence-corrected chi connectivity index (χ4v) is 3.65. The maximum Gasteiger partial charge on any atom is 0.326 e. The van der Waals surface area contributed by atoms with Crippen molar-refractivity contribution in [2.24, 2.45) is 0 Å². The number of benzene rings is 1. The lowest BCUT2D eigenvalue weighted by atomic mass is 10.0. The zero-order valence-corrected chi connectivity index (χ0v) is 15.7. The summed E-state index contributed by atoms with van der Waals surface area (Å²) in [6.07, 6.45) is 1.73. The van der Waals surface area contributed by atoms with E-state index in [1.54, 1.807) is 12.1 Å². The molecule has 0 spiro atoms. The highest BCUT2D eigenvalue weighted by Gasteiger charge is 2.36. The molecule has 0 saturated heterocycles. The Bertz CT molecular complexity index is 1050. The number of H-pyrrole nitrogens is 1. The van der Waals surface area contributed by atoms with Gasteiger partial charge in [0.25, 0.3) is 5.91 Å². The van der Waals surface area contributed by atoms with Crippen LogP contribution in [-0.4, -0.2) is 47.7 Å². The molecule has 3 heterocycles. The van der Waals surface area contributed by atoms with Crippen LogP contribution in [0.3, 0.4) is 0 Å². The quantitative estimate of drug-likeness (QED) is 0.721. The van der Waals surface area contributed by atoms with Gasteiger partial charge in [-0.05, 0) is 37.6 Å². The number of hydrogen-bond acceptors (Lipinski definition) is 4. The van der Waals surface area contributed by atoms with Gasteiger partial charge in [-0.3, -0.25) is 9.48 Å². The molecule has 0 radical (unpaired) electrons. The first-order chi connectivity index (χ1) is 13.4. The maximum absolute atomic E-state index is 13.1. The third-order valence-corrected chi connectivity index (χ3v) is 5.05. The number of carbonyl (C=O) groups is 2. The first-order valence-corrected chi connectivity index (χ1v) is 9.07. The minimum atomic E-state index is -1.03. The van der Waals surface area contributed by atoms with E-state index in [1.807, 2.05) is 36.7 Å². The number of aliphatic carboxylic acids is 1. The van der Waals surface area contributed by atoms with Gasteiger partial charge in [-0.15, -0.1) is 0 Å². The summed E-state index contributed by atoms with van der Waals surface area (Å²) in [6.45, 7) is 4.68. The van der Waals surface area contributed by atoms with E-state index in [9.17, 15) is 14.7 Å². The average Bonchev–Trinajstić information content (AvgIpc) is 3.25. The highest BCUT2D eigenvalue weighted by Crippen LogP contribution is 2.23. The van der Waals surface area contributed by atoms with Gasteiger partial charge in [0.2, 0.25) is 0 Å². The Balaban J connectivity index is 1.60. The van der Waals surface area contributed by atoms with Crippen LogP contribution >= 0.6 is 0 Å². The number of aryl methyl sites for hydroxylation is 2. The molecule has 28 heavy (non-hydrogen) atoms. The molecule has 0 aliphatic carbocycles. The van der Waals surface area contributed by atoms with Gasteiger partial charge in [-0.1, -0.05) is 12.1 Å². The zero-order chi connectivity index (χ0) is 19.8. The van der Waals surface area contributed by atoms with Crippen molar-refractivity contribution in [3.05, 3.63) is 70.6 Å². The van der Waals surface area contributed by atoms with Gasteiger partial charge in [-0.2, -0.15) is 5.10 Å². The number of amides is 1. The Hall–Kier alpha value is -3.42. The lowest BCUT2D eigenvalue weighted by Crippen LogP contribution is -2.48. The van der Waals surface area contributed by atoms with Crippen LogP contribution in [0.1, 0.15) is 38.7 Å². The SMILES string of the molecule is Cc1cc(C)n(Cc2cccc(C(=O)N3Cc4[nH]cnc4C[C@@H]3C(=O)O)c2)n1. The van der Waals surface area contributed by atoms with E-state index in [0.717, 1.165) is 22.6 Å². The third kappa shape index (κ3) is 3.28. The van der Waals surface area contributed by atoms with Crippen LogP contribution < -0.4 is 0 Å². The Morgan fingerprint density at radius 1 is 1.29 bits per heavy atom. The van der Waals surface area contributed by atoms with Crippen molar-refractivity contribution in [1.29, 1.82) is 0 Å². The highest BCUT2D eigenvalue weighted by molar-refractivity contribution is 5.97. The van der Waals surface area contributed by atoms with Crippen molar-refractivity contribution in [3.63, 3.8) is 0 Å². The van der Waals surface area contributed by atoms with Gasteiger partial charge in [0.05, 0.1) is 36.5 Å². The number of nitrogens with zero attached hydrogens (tertiary/aromatic N) is 4. The van der Waals surface area contributed by atoms with Gasteiger partial charge in [0.1, 0.15) is 6.04 Å². The summed E-state index contributed by atoms with van der Waals surface area (Å²) < 4.78 is 1.89. The molecule has 1 aromatic carbocycles. The van der Waals surface area contributed by atoms with E-state index in [-0.39, 0.29) is 18.9 Å². The predicted molar refractivity (Wildman–Crippen MR) is 101 cm³/mol. The lowest BCUT2D eigenvalue weighted by molar-refractivity contribution is -0.142. The van der Waals surface area contributed by atoms with Crippen LogP contribution in [0.4, 0.5) is 0 Å². The Labute approximate surface area is 161 Å². The molecule has 2 N–H and O–H groups in total. The number of aromatic nitrogens is 4. The summed E-state index contributed by atoms with van der Waals surface area (Å²) in [4.78, 5) is 33.4. The largest absolute Gasteiger partial charge is 0.480 e. The normalized spacial score (nSPS) is 16.1. The van der Waals surface area contributed by atoms with Crippen molar-refractivity contribution in [3.8, 4) is 0 Å². The lowest BCUT2D eigenvalue weighted by Gasteiger charge is -2.32. The minimum Gasteiger partial charge on any atom is -0.480 e. The van der Waals surface area contributed by atoms with E-state index >= 15 is 0 Å². The molecule has 0 unspecified atom stereocenters. The second-order valence-corrected chi connectivity index (χ2v) is 7.10. The molecule has 0 saturated carbocycles. The molecule has 2 aromatic heterocycles. The standard InChI is InChI=1S/C20H21N5O3/c1-12-6-13(2)25(23-12)9-14-4-3-5-15(7-14)19(26)24-10-17-16(21-11-22-17)8-18(24)20(27)28/h3-7,11,18H,8-10H2,1-2H3,(H,21,22)(H,27,28)/t18-/m1/s1. The number of aromatic amines is 1. The van der Waals surface area contributed by atoms with E-state index in [0.29, 0.717) is 17.8 Å². The summed E-state index contributed by atoms with van der Waals surface area (Å²) in [5.74, 6) is -1.33. The first kappa shape index (κ1) is 18.0. The van der Waals surface area contributed by atoms with E-state index in [2.05, 4.69) is 15.1 Å². The minimum absolute atomic E-state index is 0.200. The zero-order valence-electron chi connectivity index (χ0n) is 15.7. The number of hydrogen-bond donors (Lipinski definition) is 2. The number of rotatable bonds is 4. The topological polar surface area (TPSA) is 104 Å². The Morgan fingerprint density at radius 3 is 2.82 bits per heavy atom. The molecule has 1 atom stereocenters. The van der Waals surface area contributed by atoms with Crippen molar-refractivity contribution >= 4 is 11.9 Å². The first-order valence-electron chi connectivity index (χ1n) is 9.07. The maximum atomic E-state index is 13.1. The fraction of sp³-hybridized carbons (Fsp3) is 0.300. The van der Waals surface area contributed by atoms with Crippen LogP contribution in [0.2, 0.25) is 0 Å². The number of carboxylic acids is 1. The Kier molecular flexibility index (Phi) is 4.46. The van der Waals surface area contributed by atoms with Crippen molar-refractivity contribution in [2.75, 3.05) is 0 Å². The van der Waals surface area contributed by atoms with Crippen LogP contribution in [0.25, 0.3) is 0 Å². The second-order valence-electron chi connectivity index (χ2n) is 7.10. The van der Waals surface area contributed by atoms with Gasteiger partial charge in [0.15, 0.2) is 0 Å². The van der Waals surface area contributed by atoms with Gasteiger partial charge in [0, 0.05) is 17.7 Å². The molecular formula is C20H21N5O3. The van der Waals surface area contributed by atoms with Crippen molar-refractivity contribution in [2.45, 2.75) is 39.4 Å². The number of carboxylic acid groups (broad SMARTS) is 1. The van der Waals surface area contributed by atoms with Crippen molar-refractivity contribution < 1.29 is 14.7 Å². The average molecular weight is 379 g/mol. The molecule has 8 nitrogen and oxygen atoms in total. The molecule has 8 heteroatoms. The number of nitrogens with one attached hydrogen (secondary N) is 1. The molecule has 0 bridgehead atoms. The number of carbonyl (C=O) groups excluding carboxylic acids is 1. The second kappa shape index (κ2) is 6.95. The van der Waals surface area contributed by atoms with E-state index < -0.39 is 12.0 Å². The van der Waals surface area contributed by atoms with E-state index in [1.165, 1.54) is 11.2 Å². The summed E-state index contributed by atoms with van der Waals surface area (Å²) in [7, 11) is 0. The molecule has 144 valence electrons. The molecule has 0 fully saturated rings. The summed E-state index contributed by atoms with van der Waals surface area (Å²) >= 11 is 0. The van der Waals surface area contributed by atoms with Crippen LogP contribution in [0.5, 0.6) is 0 Å². The predicted octanol–water partition coefficient (Wildman–Crippen LogP) is 1.92. The highest BCUT2D eigenvalue weighted by atomic mass is 16.4. The van der Waals surface area contributed by atoms with Crippen LogP contribution in [-0.2, 0) is 24.3 Å². The third-order valence-electron chi connectivity index (χ3n) is 5.05. The molecule has 1 aliphatic rings. The molecule has 1 aliphatic heterocycles. The van der Waals surface area contributed by atoms with Gasteiger partial charge in [-0.25, -0.2) is 9.78 Å².